The molecular weight excluding hydrogens is 337 g/mol. The third-order valence-electron chi connectivity index (χ3n) is 4.07. The molecule has 2 aromatic rings. The summed E-state index contributed by atoms with van der Waals surface area (Å²) in [5.74, 6) is 2.06. The zero-order chi connectivity index (χ0) is 16.4. The predicted molar refractivity (Wildman–Crippen MR) is 89.1 cm³/mol. The molecule has 5 nitrogen and oxygen atoms in total. The van der Waals surface area contributed by atoms with Gasteiger partial charge in [0, 0.05) is 19.5 Å². The lowest BCUT2D eigenvalue weighted by molar-refractivity contribution is 0.0628. The third kappa shape index (κ3) is 3.97. The highest BCUT2D eigenvalue weighted by Crippen LogP contribution is 2.29. The molecule has 1 fully saturated rings. The van der Waals surface area contributed by atoms with Crippen molar-refractivity contribution in [3.8, 4) is 5.75 Å². The Kier molecular flexibility index (Phi) is 5.09. The first kappa shape index (κ1) is 16.6. The second-order valence-electron chi connectivity index (χ2n) is 5.80. The molecule has 1 aliphatic heterocycles. The van der Waals surface area contributed by atoms with Gasteiger partial charge in [-0.2, -0.15) is 4.98 Å². The molecule has 1 aliphatic rings. The highest BCUT2D eigenvalue weighted by molar-refractivity contribution is 6.42. The first-order valence-corrected chi connectivity index (χ1v) is 8.44. The van der Waals surface area contributed by atoms with Crippen LogP contribution in [-0.4, -0.2) is 34.2 Å². The summed E-state index contributed by atoms with van der Waals surface area (Å²) < 4.78 is 11.1. The number of aromatic nitrogens is 2. The molecule has 2 heterocycles. The third-order valence-corrected chi connectivity index (χ3v) is 4.81. The second-order valence-corrected chi connectivity index (χ2v) is 6.61. The average molecular weight is 356 g/mol. The van der Waals surface area contributed by atoms with E-state index in [1.54, 1.807) is 19.1 Å². The summed E-state index contributed by atoms with van der Waals surface area (Å²) in [6, 6.07) is 5.46. The van der Waals surface area contributed by atoms with E-state index in [9.17, 15) is 0 Å². The zero-order valence-electron chi connectivity index (χ0n) is 13.1. The van der Waals surface area contributed by atoms with Gasteiger partial charge in [-0.15, -0.1) is 0 Å². The van der Waals surface area contributed by atoms with E-state index >= 15 is 0 Å². The van der Waals surface area contributed by atoms with Crippen LogP contribution in [0, 0.1) is 6.92 Å². The fraction of sp³-hybridized carbons (Fsp3) is 0.500. The number of likely N-dealkylation sites (tertiary alicyclic amines) is 1. The molecule has 0 amide bonds. The predicted octanol–water partition coefficient (Wildman–Crippen LogP) is 4.29. The number of hydrogen-bond acceptors (Lipinski definition) is 5. The fourth-order valence-corrected chi connectivity index (χ4v) is 3.09. The number of rotatable bonds is 4. The molecule has 0 bridgehead atoms. The Morgan fingerprint density at radius 1 is 1.35 bits per heavy atom. The Morgan fingerprint density at radius 3 is 2.87 bits per heavy atom. The van der Waals surface area contributed by atoms with Crippen molar-refractivity contribution in [3.05, 3.63) is 40.0 Å². The van der Waals surface area contributed by atoms with E-state index in [4.69, 9.17) is 32.5 Å². The van der Waals surface area contributed by atoms with E-state index < -0.39 is 0 Å². The van der Waals surface area contributed by atoms with Gasteiger partial charge in [-0.25, -0.2) is 0 Å². The molecule has 0 N–H and O–H groups in total. The van der Waals surface area contributed by atoms with Crippen molar-refractivity contribution in [2.75, 3.05) is 13.1 Å². The smallest absolute Gasteiger partial charge is 0.223 e. The van der Waals surface area contributed by atoms with Crippen LogP contribution >= 0.6 is 23.2 Å². The minimum Gasteiger partial charge on any atom is -0.489 e. The number of hydrogen-bond donors (Lipinski definition) is 0. The van der Waals surface area contributed by atoms with E-state index in [-0.39, 0.29) is 12.1 Å². The lowest BCUT2D eigenvalue weighted by Gasteiger charge is -2.35. The number of benzene rings is 1. The number of aryl methyl sites for hydroxylation is 1. The summed E-state index contributed by atoms with van der Waals surface area (Å²) >= 11 is 12.0. The molecule has 1 aromatic heterocycles. The number of halogens is 2. The molecule has 2 atom stereocenters. The molecule has 1 aromatic carbocycles. The van der Waals surface area contributed by atoms with E-state index in [0.717, 1.165) is 37.5 Å². The lowest BCUT2D eigenvalue weighted by Crippen LogP contribution is -2.42. The van der Waals surface area contributed by atoms with Crippen molar-refractivity contribution in [2.24, 2.45) is 0 Å². The van der Waals surface area contributed by atoms with Crippen LogP contribution in [0.15, 0.2) is 22.7 Å². The van der Waals surface area contributed by atoms with Gasteiger partial charge in [0.05, 0.1) is 16.1 Å². The van der Waals surface area contributed by atoms with E-state index in [1.807, 2.05) is 6.07 Å². The van der Waals surface area contributed by atoms with Crippen molar-refractivity contribution in [1.82, 2.24) is 15.0 Å². The monoisotopic (exact) mass is 355 g/mol. The maximum absolute atomic E-state index is 6.06. The minimum absolute atomic E-state index is 0.104. The topological polar surface area (TPSA) is 51.4 Å². The Hall–Kier alpha value is -1.30. The van der Waals surface area contributed by atoms with Crippen molar-refractivity contribution in [1.29, 1.82) is 0 Å². The fourth-order valence-electron chi connectivity index (χ4n) is 2.80. The van der Waals surface area contributed by atoms with E-state index in [1.165, 1.54) is 0 Å². The Morgan fingerprint density at radius 2 is 2.17 bits per heavy atom. The molecular formula is C16H19Cl2N3O2. The normalized spacial score (nSPS) is 20.4. The molecule has 3 rings (SSSR count). The quantitative estimate of drug-likeness (QED) is 0.818. The number of nitrogens with zero attached hydrogens (tertiary/aromatic N) is 3. The van der Waals surface area contributed by atoms with Crippen LogP contribution in [0.5, 0.6) is 5.75 Å². The van der Waals surface area contributed by atoms with Gasteiger partial charge in [0.15, 0.2) is 5.82 Å². The molecule has 124 valence electrons. The van der Waals surface area contributed by atoms with Gasteiger partial charge in [-0.05, 0) is 38.4 Å². The van der Waals surface area contributed by atoms with Crippen LogP contribution < -0.4 is 4.74 Å². The summed E-state index contributed by atoms with van der Waals surface area (Å²) in [7, 11) is 0. The van der Waals surface area contributed by atoms with Crippen molar-refractivity contribution >= 4 is 23.2 Å². The van der Waals surface area contributed by atoms with Gasteiger partial charge >= 0.3 is 0 Å². The van der Waals surface area contributed by atoms with Crippen LogP contribution in [0.2, 0.25) is 10.0 Å². The van der Waals surface area contributed by atoms with Gasteiger partial charge in [-0.1, -0.05) is 28.4 Å². The summed E-state index contributed by atoms with van der Waals surface area (Å²) in [6.45, 7) is 5.70. The largest absolute Gasteiger partial charge is 0.489 e. The Balaban J connectivity index is 1.64. The number of piperidine rings is 1. The van der Waals surface area contributed by atoms with Crippen LogP contribution in [0.25, 0.3) is 0 Å². The maximum atomic E-state index is 6.06. The zero-order valence-corrected chi connectivity index (χ0v) is 14.6. The molecule has 0 radical (unpaired) electrons. The van der Waals surface area contributed by atoms with Gasteiger partial charge < -0.3 is 9.26 Å². The van der Waals surface area contributed by atoms with E-state index in [0.29, 0.717) is 15.9 Å². The minimum atomic E-state index is 0.104. The van der Waals surface area contributed by atoms with Gasteiger partial charge in [0.2, 0.25) is 5.89 Å². The molecule has 1 saturated heterocycles. The first-order chi connectivity index (χ1) is 11.0. The number of ether oxygens (including phenoxy) is 1. The average Bonchev–Trinajstić information content (AvgIpc) is 2.97. The van der Waals surface area contributed by atoms with Gasteiger partial charge in [-0.3, -0.25) is 4.90 Å². The first-order valence-electron chi connectivity index (χ1n) is 7.69. The molecule has 2 unspecified atom stereocenters. The standard InChI is InChI=1S/C16H19Cl2N3O2/c1-10(16-19-11(2)23-20-16)21-7-3-4-13(9-21)22-12-5-6-14(17)15(18)8-12/h5-6,8,10,13H,3-4,7,9H2,1-2H3. The molecule has 0 aliphatic carbocycles. The maximum Gasteiger partial charge on any atom is 0.223 e. The summed E-state index contributed by atoms with van der Waals surface area (Å²) in [6.07, 6.45) is 2.18. The molecule has 23 heavy (non-hydrogen) atoms. The highest BCUT2D eigenvalue weighted by Gasteiger charge is 2.27. The SMILES string of the molecule is Cc1nc(C(C)N2CCCC(Oc3ccc(Cl)c(Cl)c3)C2)no1. The Bertz CT molecular complexity index is 677. The van der Waals surface area contributed by atoms with E-state index in [2.05, 4.69) is 22.0 Å². The Labute approximate surface area is 145 Å². The van der Waals surface area contributed by atoms with Gasteiger partial charge in [0.1, 0.15) is 11.9 Å². The summed E-state index contributed by atoms with van der Waals surface area (Å²) in [5, 5.41) is 5.06. The van der Waals surface area contributed by atoms with Crippen LogP contribution in [-0.2, 0) is 0 Å². The summed E-state index contributed by atoms with van der Waals surface area (Å²) in [5.41, 5.74) is 0. The van der Waals surface area contributed by atoms with Crippen LogP contribution in [0.1, 0.15) is 37.5 Å². The highest BCUT2D eigenvalue weighted by atomic mass is 35.5. The second kappa shape index (κ2) is 7.07. The molecule has 0 spiro atoms. The molecule has 7 heteroatoms. The van der Waals surface area contributed by atoms with Gasteiger partial charge in [0.25, 0.3) is 0 Å². The van der Waals surface area contributed by atoms with Crippen LogP contribution in [0.3, 0.4) is 0 Å². The van der Waals surface area contributed by atoms with Crippen molar-refractivity contribution in [2.45, 2.75) is 38.8 Å². The summed E-state index contributed by atoms with van der Waals surface area (Å²) in [4.78, 5) is 6.64. The molecule has 0 saturated carbocycles. The van der Waals surface area contributed by atoms with Crippen LogP contribution in [0.4, 0.5) is 0 Å². The van der Waals surface area contributed by atoms with Crippen molar-refractivity contribution < 1.29 is 9.26 Å². The lowest BCUT2D eigenvalue weighted by atomic mass is 10.1. The van der Waals surface area contributed by atoms with Crippen molar-refractivity contribution in [3.63, 3.8) is 0 Å².